The second kappa shape index (κ2) is 6.67. The summed E-state index contributed by atoms with van der Waals surface area (Å²) < 4.78 is 13.7. The first-order chi connectivity index (χ1) is 8.70. The van der Waals surface area contributed by atoms with Crippen LogP contribution in [0.25, 0.3) is 0 Å². The molecule has 1 saturated carbocycles. The molecule has 1 aliphatic carbocycles. The Morgan fingerprint density at radius 3 is 2.72 bits per heavy atom. The average Bonchev–Trinajstić information content (AvgIpc) is 2.34. The van der Waals surface area contributed by atoms with Crippen LogP contribution in [0, 0.1) is 17.7 Å². The van der Waals surface area contributed by atoms with Gasteiger partial charge < -0.3 is 5.32 Å². The standard InChI is InChI=1S/C15H21BrFN/c1-2-7-18-10-13-5-4-12(13)8-11-3-6-15(17)14(16)9-11/h3,6,9,12-13,18H,2,4-5,7-8,10H2,1H3. The van der Waals surface area contributed by atoms with Crippen molar-refractivity contribution in [2.75, 3.05) is 13.1 Å². The van der Waals surface area contributed by atoms with E-state index in [1.165, 1.54) is 24.8 Å². The van der Waals surface area contributed by atoms with Gasteiger partial charge in [-0.15, -0.1) is 0 Å². The van der Waals surface area contributed by atoms with Crippen LogP contribution in [-0.2, 0) is 6.42 Å². The van der Waals surface area contributed by atoms with Gasteiger partial charge in [-0.1, -0.05) is 13.0 Å². The van der Waals surface area contributed by atoms with Gasteiger partial charge in [0, 0.05) is 0 Å². The van der Waals surface area contributed by atoms with Crippen LogP contribution in [0.15, 0.2) is 22.7 Å². The predicted molar refractivity (Wildman–Crippen MR) is 77.2 cm³/mol. The number of halogens is 2. The molecule has 2 rings (SSSR count). The molecule has 18 heavy (non-hydrogen) atoms. The van der Waals surface area contributed by atoms with Crippen molar-refractivity contribution < 1.29 is 4.39 Å². The summed E-state index contributed by atoms with van der Waals surface area (Å²) in [6.45, 7) is 4.45. The molecule has 0 radical (unpaired) electrons. The van der Waals surface area contributed by atoms with E-state index in [0.29, 0.717) is 4.47 Å². The molecule has 2 unspecified atom stereocenters. The van der Waals surface area contributed by atoms with E-state index in [-0.39, 0.29) is 5.82 Å². The van der Waals surface area contributed by atoms with Gasteiger partial charge in [-0.25, -0.2) is 4.39 Å². The van der Waals surface area contributed by atoms with E-state index in [0.717, 1.165) is 31.3 Å². The number of hydrogen-bond acceptors (Lipinski definition) is 1. The normalized spacial score (nSPS) is 22.8. The quantitative estimate of drug-likeness (QED) is 0.778. The van der Waals surface area contributed by atoms with Crippen molar-refractivity contribution in [3.05, 3.63) is 34.1 Å². The summed E-state index contributed by atoms with van der Waals surface area (Å²) in [5.41, 5.74) is 1.24. The second-order valence-electron chi connectivity index (χ2n) is 5.25. The highest BCUT2D eigenvalue weighted by Crippen LogP contribution is 2.36. The molecule has 1 aromatic rings. The van der Waals surface area contributed by atoms with Crippen LogP contribution in [0.4, 0.5) is 4.39 Å². The van der Waals surface area contributed by atoms with Crippen LogP contribution >= 0.6 is 15.9 Å². The zero-order valence-corrected chi connectivity index (χ0v) is 12.5. The van der Waals surface area contributed by atoms with Gasteiger partial charge in [0.05, 0.1) is 4.47 Å². The van der Waals surface area contributed by atoms with Gasteiger partial charge in [-0.3, -0.25) is 0 Å². The Hall–Kier alpha value is -0.410. The Kier molecular flexibility index (Phi) is 5.19. The molecule has 0 saturated heterocycles. The minimum Gasteiger partial charge on any atom is -0.316 e. The van der Waals surface area contributed by atoms with Gasteiger partial charge in [-0.2, -0.15) is 0 Å². The molecule has 3 heteroatoms. The van der Waals surface area contributed by atoms with Crippen molar-refractivity contribution in [2.45, 2.75) is 32.6 Å². The van der Waals surface area contributed by atoms with Crippen molar-refractivity contribution in [1.82, 2.24) is 5.32 Å². The molecule has 100 valence electrons. The van der Waals surface area contributed by atoms with E-state index in [1.54, 1.807) is 6.07 Å². The van der Waals surface area contributed by atoms with Crippen molar-refractivity contribution in [2.24, 2.45) is 11.8 Å². The smallest absolute Gasteiger partial charge is 0.137 e. The maximum Gasteiger partial charge on any atom is 0.137 e. The van der Waals surface area contributed by atoms with Crippen LogP contribution in [0.1, 0.15) is 31.7 Å². The fraction of sp³-hybridized carbons (Fsp3) is 0.600. The molecular formula is C15H21BrFN. The van der Waals surface area contributed by atoms with Gasteiger partial charge in [0.15, 0.2) is 0 Å². The molecule has 1 aromatic carbocycles. The third-order valence-corrected chi connectivity index (χ3v) is 4.50. The Morgan fingerprint density at radius 1 is 1.33 bits per heavy atom. The number of hydrogen-bond donors (Lipinski definition) is 1. The summed E-state index contributed by atoms with van der Waals surface area (Å²) in [7, 11) is 0. The molecule has 0 spiro atoms. The minimum absolute atomic E-state index is 0.173. The van der Waals surface area contributed by atoms with Crippen molar-refractivity contribution in [3.63, 3.8) is 0 Å². The molecule has 0 bridgehead atoms. The molecular weight excluding hydrogens is 293 g/mol. The summed E-state index contributed by atoms with van der Waals surface area (Å²) in [4.78, 5) is 0. The number of nitrogens with one attached hydrogen (secondary N) is 1. The van der Waals surface area contributed by atoms with Crippen LogP contribution < -0.4 is 5.32 Å². The Balaban J connectivity index is 1.83. The van der Waals surface area contributed by atoms with E-state index < -0.39 is 0 Å². The fourth-order valence-electron chi connectivity index (χ4n) is 2.61. The third-order valence-electron chi connectivity index (χ3n) is 3.89. The molecule has 1 fully saturated rings. The summed E-state index contributed by atoms with van der Waals surface area (Å²) in [5.74, 6) is 1.40. The first-order valence-corrected chi connectivity index (χ1v) is 7.64. The molecule has 1 aliphatic rings. The molecule has 0 amide bonds. The lowest BCUT2D eigenvalue weighted by Gasteiger charge is -2.37. The van der Waals surface area contributed by atoms with Gasteiger partial charge in [-0.05, 0) is 84.2 Å². The number of rotatable bonds is 6. The zero-order valence-electron chi connectivity index (χ0n) is 10.9. The first-order valence-electron chi connectivity index (χ1n) is 6.85. The molecule has 0 aliphatic heterocycles. The topological polar surface area (TPSA) is 12.0 Å². The highest BCUT2D eigenvalue weighted by Gasteiger charge is 2.30. The molecule has 1 nitrogen and oxygen atoms in total. The SMILES string of the molecule is CCCNCC1CCC1Cc1ccc(F)c(Br)c1. The second-order valence-corrected chi connectivity index (χ2v) is 6.11. The van der Waals surface area contributed by atoms with Gasteiger partial charge >= 0.3 is 0 Å². The lowest BCUT2D eigenvalue weighted by molar-refractivity contribution is 0.171. The van der Waals surface area contributed by atoms with E-state index in [9.17, 15) is 4.39 Å². The van der Waals surface area contributed by atoms with Gasteiger partial charge in [0.25, 0.3) is 0 Å². The van der Waals surface area contributed by atoms with E-state index in [4.69, 9.17) is 0 Å². The maximum atomic E-state index is 13.2. The predicted octanol–water partition coefficient (Wildman–Crippen LogP) is 4.16. The molecule has 0 aromatic heterocycles. The van der Waals surface area contributed by atoms with Crippen molar-refractivity contribution >= 4 is 15.9 Å². The highest BCUT2D eigenvalue weighted by atomic mass is 79.9. The van der Waals surface area contributed by atoms with E-state index in [2.05, 4.69) is 28.2 Å². The van der Waals surface area contributed by atoms with Crippen LogP contribution in [0.2, 0.25) is 0 Å². The summed E-state index contributed by atoms with van der Waals surface area (Å²) >= 11 is 3.25. The van der Waals surface area contributed by atoms with Gasteiger partial charge in [0.1, 0.15) is 5.82 Å². The van der Waals surface area contributed by atoms with Crippen molar-refractivity contribution in [1.29, 1.82) is 0 Å². The van der Waals surface area contributed by atoms with E-state index in [1.807, 2.05) is 12.1 Å². The molecule has 0 heterocycles. The minimum atomic E-state index is -0.173. The van der Waals surface area contributed by atoms with E-state index >= 15 is 0 Å². The molecule has 2 atom stereocenters. The fourth-order valence-corrected chi connectivity index (χ4v) is 3.04. The lowest BCUT2D eigenvalue weighted by atomic mass is 9.70. The molecule has 1 N–H and O–H groups in total. The summed E-state index contributed by atoms with van der Waals surface area (Å²) in [6.07, 6.45) is 4.93. The number of benzene rings is 1. The largest absolute Gasteiger partial charge is 0.316 e. The monoisotopic (exact) mass is 313 g/mol. The Morgan fingerprint density at radius 2 is 2.11 bits per heavy atom. The third kappa shape index (κ3) is 3.55. The summed E-state index contributed by atoms with van der Waals surface area (Å²) in [5, 5.41) is 3.50. The lowest BCUT2D eigenvalue weighted by Crippen LogP contribution is -2.36. The summed E-state index contributed by atoms with van der Waals surface area (Å²) in [6, 6.07) is 5.39. The highest BCUT2D eigenvalue weighted by molar-refractivity contribution is 9.10. The van der Waals surface area contributed by atoms with Crippen LogP contribution in [0.5, 0.6) is 0 Å². The maximum absolute atomic E-state index is 13.2. The zero-order chi connectivity index (χ0) is 13.0. The Bertz CT molecular complexity index is 394. The Labute approximate surface area is 117 Å². The van der Waals surface area contributed by atoms with Crippen LogP contribution in [0.3, 0.4) is 0 Å². The van der Waals surface area contributed by atoms with Crippen molar-refractivity contribution in [3.8, 4) is 0 Å². The average molecular weight is 314 g/mol. The van der Waals surface area contributed by atoms with Crippen LogP contribution in [-0.4, -0.2) is 13.1 Å². The first kappa shape index (κ1) is 14.0. The van der Waals surface area contributed by atoms with Gasteiger partial charge in [0.2, 0.25) is 0 Å².